The van der Waals surface area contributed by atoms with E-state index in [4.69, 9.17) is 4.74 Å². The molecule has 35 heavy (non-hydrogen) atoms. The van der Waals surface area contributed by atoms with Crippen molar-refractivity contribution in [2.45, 2.75) is 45.7 Å². The average molecular weight is 482 g/mol. The molecule has 1 atom stereocenters. The third kappa shape index (κ3) is 4.78. The molecule has 4 aromatic rings. The van der Waals surface area contributed by atoms with Crippen LogP contribution in [-0.4, -0.2) is 27.2 Å². The van der Waals surface area contributed by atoms with E-state index in [0.29, 0.717) is 28.9 Å². The Balaban J connectivity index is 1.83. The molecular weight excluding hydrogens is 455 g/mol. The van der Waals surface area contributed by atoms with Crippen molar-refractivity contribution in [2.24, 2.45) is 0 Å². The number of halogens is 3. The molecule has 0 aliphatic rings. The first kappa shape index (κ1) is 24.4. The van der Waals surface area contributed by atoms with Gasteiger partial charge in [0.2, 0.25) is 0 Å². The predicted octanol–water partition coefficient (Wildman–Crippen LogP) is 6.10. The van der Waals surface area contributed by atoms with Crippen LogP contribution in [0.3, 0.4) is 0 Å². The van der Waals surface area contributed by atoms with E-state index in [0.717, 1.165) is 28.8 Å². The summed E-state index contributed by atoms with van der Waals surface area (Å²) in [6, 6.07) is 12.7. The number of esters is 1. The van der Waals surface area contributed by atoms with Crippen LogP contribution in [0.1, 0.15) is 41.8 Å². The molecule has 2 aromatic heterocycles. The minimum atomic E-state index is -4.42. The Morgan fingerprint density at radius 2 is 1.69 bits per heavy atom. The number of carbonyl (C=O) groups is 1. The van der Waals surface area contributed by atoms with Gasteiger partial charge in [0, 0.05) is 11.8 Å². The van der Waals surface area contributed by atoms with Crippen LogP contribution >= 0.6 is 0 Å². The van der Waals surface area contributed by atoms with Gasteiger partial charge in [0.25, 0.3) is 0 Å². The summed E-state index contributed by atoms with van der Waals surface area (Å²) in [4.78, 5) is 17.7. The molecule has 5 nitrogen and oxygen atoms in total. The first-order valence-electron chi connectivity index (χ1n) is 11.3. The molecule has 0 N–H and O–H groups in total. The van der Waals surface area contributed by atoms with Crippen molar-refractivity contribution < 1.29 is 22.7 Å². The van der Waals surface area contributed by atoms with Crippen molar-refractivity contribution in [2.75, 3.05) is 6.61 Å². The van der Waals surface area contributed by atoms with Gasteiger partial charge in [-0.1, -0.05) is 41.5 Å². The van der Waals surface area contributed by atoms with Crippen LogP contribution < -0.4 is 0 Å². The van der Waals surface area contributed by atoms with Crippen molar-refractivity contribution in [3.05, 3.63) is 88.9 Å². The van der Waals surface area contributed by atoms with Gasteiger partial charge in [-0.05, 0) is 63.4 Å². The zero-order valence-corrected chi connectivity index (χ0v) is 20.0. The molecule has 0 fully saturated rings. The molecule has 0 aliphatic carbocycles. The minimum Gasteiger partial charge on any atom is -0.465 e. The first-order chi connectivity index (χ1) is 16.5. The fraction of sp³-hybridized carbons (Fsp3) is 0.296. The van der Waals surface area contributed by atoms with E-state index in [1.807, 2.05) is 32.9 Å². The Morgan fingerprint density at radius 3 is 2.29 bits per heavy atom. The van der Waals surface area contributed by atoms with Gasteiger partial charge in [-0.25, -0.2) is 9.50 Å². The zero-order chi connectivity index (χ0) is 25.4. The van der Waals surface area contributed by atoms with E-state index in [-0.39, 0.29) is 6.61 Å². The van der Waals surface area contributed by atoms with E-state index in [1.54, 1.807) is 29.9 Å². The van der Waals surface area contributed by atoms with Crippen LogP contribution in [0.25, 0.3) is 16.8 Å². The maximum Gasteiger partial charge on any atom is 0.416 e. The van der Waals surface area contributed by atoms with E-state index < -0.39 is 23.1 Å². The van der Waals surface area contributed by atoms with Crippen molar-refractivity contribution >= 4 is 11.6 Å². The highest BCUT2D eigenvalue weighted by molar-refractivity contribution is 5.84. The molecule has 8 heteroatoms. The van der Waals surface area contributed by atoms with Gasteiger partial charge < -0.3 is 4.74 Å². The van der Waals surface area contributed by atoms with Gasteiger partial charge in [-0.15, -0.1) is 0 Å². The highest BCUT2D eigenvalue weighted by Gasteiger charge is 2.40. The zero-order valence-electron chi connectivity index (χ0n) is 20.0. The molecule has 182 valence electrons. The summed E-state index contributed by atoms with van der Waals surface area (Å²) in [5.41, 5.74) is 3.50. The average Bonchev–Trinajstić information content (AvgIpc) is 3.22. The second-order valence-corrected chi connectivity index (χ2v) is 8.92. The monoisotopic (exact) mass is 481 g/mol. The first-order valence-corrected chi connectivity index (χ1v) is 11.3. The Labute approximate surface area is 201 Å². The number of aromatic nitrogens is 3. The molecule has 0 spiro atoms. The number of carbonyl (C=O) groups excluding carboxylic acids is 1. The summed E-state index contributed by atoms with van der Waals surface area (Å²) >= 11 is 0. The summed E-state index contributed by atoms with van der Waals surface area (Å²) in [7, 11) is 0. The molecule has 0 amide bonds. The fourth-order valence-electron chi connectivity index (χ4n) is 4.49. The fourth-order valence-corrected chi connectivity index (χ4v) is 4.49. The van der Waals surface area contributed by atoms with Gasteiger partial charge in [0.1, 0.15) is 5.41 Å². The van der Waals surface area contributed by atoms with E-state index >= 15 is 0 Å². The summed E-state index contributed by atoms with van der Waals surface area (Å²) in [5, 5.41) is 4.48. The van der Waals surface area contributed by atoms with Crippen LogP contribution in [0.2, 0.25) is 0 Å². The van der Waals surface area contributed by atoms with Crippen LogP contribution in [0.15, 0.2) is 60.9 Å². The number of hydrogen-bond acceptors (Lipinski definition) is 4. The lowest BCUT2D eigenvalue weighted by molar-refractivity contribution is -0.149. The Hall–Kier alpha value is -3.68. The molecule has 1 unspecified atom stereocenters. The lowest BCUT2D eigenvalue weighted by atomic mass is 9.79. The number of alkyl halides is 3. The van der Waals surface area contributed by atoms with Crippen molar-refractivity contribution in [1.29, 1.82) is 0 Å². The highest BCUT2D eigenvalue weighted by atomic mass is 19.4. The lowest BCUT2D eigenvalue weighted by Crippen LogP contribution is -2.38. The molecular formula is C27H26F3N3O2. The standard InChI is InChI=1S/C27H26F3N3O2/c1-5-35-25(34)26(4,15-19-13-17(2)12-18(3)14-19)23-10-11-31-24-22(16-32-33(23)24)20-6-8-21(9-7-20)27(28,29)30/h6-14,16H,5,15H2,1-4H3. The Bertz CT molecular complexity index is 1360. The van der Waals surface area contributed by atoms with Crippen LogP contribution in [-0.2, 0) is 27.5 Å². The third-order valence-corrected chi connectivity index (χ3v) is 6.05. The summed E-state index contributed by atoms with van der Waals surface area (Å²) < 4.78 is 46.0. The molecule has 0 aliphatic heterocycles. The summed E-state index contributed by atoms with van der Waals surface area (Å²) in [5.74, 6) is -0.391. The maximum absolute atomic E-state index is 13.3. The minimum absolute atomic E-state index is 0.228. The number of ether oxygens (including phenoxy) is 1. The van der Waals surface area contributed by atoms with Crippen molar-refractivity contribution in [1.82, 2.24) is 14.6 Å². The van der Waals surface area contributed by atoms with Crippen LogP contribution in [0, 0.1) is 13.8 Å². The molecule has 0 saturated carbocycles. The van der Waals surface area contributed by atoms with E-state index in [9.17, 15) is 18.0 Å². The predicted molar refractivity (Wildman–Crippen MR) is 127 cm³/mol. The molecule has 4 rings (SSSR count). The molecule has 2 heterocycles. The van der Waals surface area contributed by atoms with Gasteiger partial charge in [-0.3, -0.25) is 4.79 Å². The largest absolute Gasteiger partial charge is 0.465 e. The summed E-state index contributed by atoms with van der Waals surface area (Å²) in [6.07, 6.45) is -0.903. The normalized spacial score (nSPS) is 13.6. The molecule has 0 bridgehead atoms. The number of nitrogens with zero attached hydrogens (tertiary/aromatic N) is 3. The van der Waals surface area contributed by atoms with Crippen LogP contribution in [0.5, 0.6) is 0 Å². The van der Waals surface area contributed by atoms with Gasteiger partial charge in [-0.2, -0.15) is 18.3 Å². The molecule has 0 saturated heterocycles. The number of fused-ring (bicyclic) bond motifs is 1. The van der Waals surface area contributed by atoms with E-state index in [2.05, 4.69) is 16.1 Å². The smallest absolute Gasteiger partial charge is 0.416 e. The number of hydrogen-bond donors (Lipinski definition) is 0. The van der Waals surface area contributed by atoms with Gasteiger partial charge >= 0.3 is 12.1 Å². The molecule has 0 radical (unpaired) electrons. The SMILES string of the molecule is CCOC(=O)C(C)(Cc1cc(C)cc(C)c1)c1ccnc2c(-c3ccc(C(F)(F)F)cc3)cnn12. The number of aryl methyl sites for hydroxylation is 2. The topological polar surface area (TPSA) is 56.5 Å². The maximum atomic E-state index is 13.3. The van der Waals surface area contributed by atoms with Crippen LogP contribution in [0.4, 0.5) is 13.2 Å². The van der Waals surface area contributed by atoms with Gasteiger partial charge in [0.15, 0.2) is 5.65 Å². The second kappa shape index (κ2) is 9.17. The third-order valence-electron chi connectivity index (χ3n) is 6.05. The number of rotatable bonds is 6. The molecule has 2 aromatic carbocycles. The summed E-state index contributed by atoms with van der Waals surface area (Å²) in [6.45, 7) is 7.82. The Kier molecular flexibility index (Phi) is 6.40. The lowest BCUT2D eigenvalue weighted by Gasteiger charge is -2.28. The highest BCUT2D eigenvalue weighted by Crippen LogP contribution is 2.34. The van der Waals surface area contributed by atoms with E-state index in [1.165, 1.54) is 12.1 Å². The quantitative estimate of drug-likeness (QED) is 0.313. The van der Waals surface area contributed by atoms with Crippen molar-refractivity contribution in [3.63, 3.8) is 0 Å². The Morgan fingerprint density at radius 1 is 1.03 bits per heavy atom. The van der Waals surface area contributed by atoms with Gasteiger partial charge in [0.05, 0.1) is 24.1 Å². The number of benzene rings is 2. The second-order valence-electron chi connectivity index (χ2n) is 8.92. The van der Waals surface area contributed by atoms with Crippen molar-refractivity contribution in [3.8, 4) is 11.1 Å².